The zero-order valence-corrected chi connectivity index (χ0v) is 21.3. The van der Waals surface area contributed by atoms with Gasteiger partial charge in [-0.3, -0.25) is 9.69 Å². The van der Waals surface area contributed by atoms with Crippen LogP contribution in [-0.2, 0) is 17.8 Å². The molecule has 2 N–H and O–H groups in total. The van der Waals surface area contributed by atoms with Gasteiger partial charge in [0.15, 0.2) is 0 Å². The van der Waals surface area contributed by atoms with Gasteiger partial charge in [0.1, 0.15) is 12.4 Å². The summed E-state index contributed by atoms with van der Waals surface area (Å²) in [6, 6.07) is 14.1. The van der Waals surface area contributed by atoms with Crippen molar-refractivity contribution in [1.82, 2.24) is 9.80 Å². The Morgan fingerprint density at radius 2 is 1.69 bits per heavy atom. The largest absolute Gasteiger partial charge is 0.593 e. The Hall–Kier alpha value is -3.05. The van der Waals surface area contributed by atoms with Crippen LogP contribution in [0.15, 0.2) is 59.8 Å². The van der Waals surface area contributed by atoms with Gasteiger partial charge in [-0.2, -0.15) is 0 Å². The number of fused-ring (bicyclic) bond motifs is 1. The second-order valence-corrected chi connectivity index (χ2v) is 10.3. The van der Waals surface area contributed by atoms with Crippen LogP contribution in [0.25, 0.3) is 6.08 Å². The minimum atomic E-state index is 0.192. The highest BCUT2D eigenvalue weighted by Gasteiger charge is 2.25. The van der Waals surface area contributed by atoms with Gasteiger partial charge >= 0.3 is 0 Å². The lowest BCUT2D eigenvalue weighted by Crippen LogP contribution is -2.33. The van der Waals surface area contributed by atoms with Crippen molar-refractivity contribution in [2.75, 3.05) is 26.2 Å². The third kappa shape index (κ3) is 6.19. The molecule has 0 aromatic heterocycles. The lowest BCUT2D eigenvalue weighted by atomic mass is 9.99. The van der Waals surface area contributed by atoms with Crippen molar-refractivity contribution in [3.63, 3.8) is 0 Å². The maximum absolute atomic E-state index is 13.0. The molecule has 0 bridgehead atoms. The van der Waals surface area contributed by atoms with Crippen molar-refractivity contribution < 1.29 is 14.6 Å². The number of hydrogen-bond donors (Lipinski definition) is 0. The molecule has 5 rings (SSSR count). The molecule has 0 unspecified atom stereocenters. The summed E-state index contributed by atoms with van der Waals surface area (Å²) in [4.78, 5) is 17.5. The minimum absolute atomic E-state index is 0.192. The Labute approximate surface area is 215 Å². The Balaban J connectivity index is 1.23. The highest BCUT2D eigenvalue weighted by atomic mass is 16.5. The van der Waals surface area contributed by atoms with E-state index in [1.54, 1.807) is 0 Å². The molecule has 0 saturated carbocycles. The average Bonchev–Trinajstić information content (AvgIpc) is 3.27. The molecule has 2 heterocycles. The molecule has 1 amide bonds. The molecule has 5 heteroatoms. The zero-order valence-electron chi connectivity index (χ0n) is 21.3. The molecule has 2 aliphatic heterocycles. The van der Waals surface area contributed by atoms with Crippen LogP contribution in [0.1, 0.15) is 68.1 Å². The van der Waals surface area contributed by atoms with Crippen LogP contribution in [-0.4, -0.2) is 47.1 Å². The van der Waals surface area contributed by atoms with E-state index in [1.165, 1.54) is 55.5 Å². The molecular weight excluding hydrogens is 448 g/mol. The smallest absolute Gasteiger partial charge is 0.254 e. The first-order valence-corrected chi connectivity index (χ1v) is 13.7. The van der Waals surface area contributed by atoms with E-state index in [9.17, 15) is 4.79 Å². The number of carbonyl (C=O) groups excluding carboxylic acids is 1. The number of hydrogen-bond acceptors (Lipinski definition) is 3. The van der Waals surface area contributed by atoms with Gasteiger partial charge < -0.3 is 14.7 Å². The normalized spacial score (nSPS) is 19.1. The molecule has 2 aromatic rings. The lowest BCUT2D eigenvalue weighted by molar-refractivity contribution is -0.130. The van der Waals surface area contributed by atoms with Crippen molar-refractivity contribution in [2.45, 2.75) is 64.3 Å². The molecule has 190 valence electrons. The van der Waals surface area contributed by atoms with E-state index < -0.39 is 0 Å². The molecule has 3 aliphatic rings. The third-order valence-electron chi connectivity index (χ3n) is 7.62. The number of ether oxygens (including phenoxy) is 1. The van der Waals surface area contributed by atoms with Crippen molar-refractivity contribution in [2.24, 2.45) is 0 Å². The van der Waals surface area contributed by atoms with Gasteiger partial charge in [0.2, 0.25) is 5.91 Å². The van der Waals surface area contributed by atoms with Gasteiger partial charge in [-0.1, -0.05) is 31.1 Å². The number of carbonyl (C=O) groups is 1. The molecule has 0 radical (unpaired) electrons. The highest BCUT2D eigenvalue weighted by Crippen LogP contribution is 2.33. The molecule has 1 saturated heterocycles. The Morgan fingerprint density at radius 3 is 2.50 bits per heavy atom. The number of nitrogens with zero attached hydrogens (tertiary/aromatic N) is 2. The van der Waals surface area contributed by atoms with E-state index in [2.05, 4.69) is 29.2 Å². The monoisotopic (exact) mass is 487 g/mol. The van der Waals surface area contributed by atoms with Crippen molar-refractivity contribution in [3.05, 3.63) is 76.5 Å². The standard InChI is InChI=1S/C31H38N2O3/c34-28-14-13-26-21-27(8-5-7-25(26)22-28)30-9-6-10-31(35)33(30)23-24-11-15-29(16-12-24)36-20-19-32-17-3-1-2-4-18-32/h9,11-16,21-22,34H,1-8,10,17-20,23H2/p+1. The first-order valence-electron chi connectivity index (χ1n) is 13.7. The molecule has 36 heavy (non-hydrogen) atoms. The lowest BCUT2D eigenvalue weighted by Gasteiger charge is -2.30. The van der Waals surface area contributed by atoms with E-state index in [0.717, 1.165) is 49.2 Å². The summed E-state index contributed by atoms with van der Waals surface area (Å²) in [5, 5.41) is 7.95. The van der Waals surface area contributed by atoms with Gasteiger partial charge in [0.05, 0.1) is 6.54 Å². The number of amides is 1. The molecule has 2 aromatic carbocycles. The van der Waals surface area contributed by atoms with Gasteiger partial charge in [-0.05, 0) is 98.2 Å². The number of likely N-dealkylation sites (tertiary alicyclic amines) is 1. The molecule has 1 aliphatic carbocycles. The molecule has 5 nitrogen and oxygen atoms in total. The second-order valence-electron chi connectivity index (χ2n) is 10.3. The van der Waals surface area contributed by atoms with E-state index in [0.29, 0.717) is 25.3 Å². The molecular formula is C31H39N2O3+. The number of benzene rings is 2. The van der Waals surface area contributed by atoms with Gasteiger partial charge in [0, 0.05) is 30.8 Å². The summed E-state index contributed by atoms with van der Waals surface area (Å²) in [5.74, 6) is 1.65. The fourth-order valence-electron chi connectivity index (χ4n) is 5.61. The number of aryl methyl sites for hydroxylation is 1. The average molecular weight is 488 g/mol. The summed E-state index contributed by atoms with van der Waals surface area (Å²) < 4.78 is 6.03. The number of allylic oxidation sites excluding steroid dienone is 2. The van der Waals surface area contributed by atoms with E-state index in [1.807, 2.05) is 35.2 Å². The maximum Gasteiger partial charge on any atom is 0.254 e. The Morgan fingerprint density at radius 1 is 0.889 bits per heavy atom. The Kier molecular flexibility index (Phi) is 8.07. The van der Waals surface area contributed by atoms with Crippen molar-refractivity contribution >= 4 is 12.0 Å². The predicted octanol–water partition coefficient (Wildman–Crippen LogP) is 5.81. The Bertz CT molecular complexity index is 1110. The summed E-state index contributed by atoms with van der Waals surface area (Å²) in [6.07, 6.45) is 14.1. The van der Waals surface area contributed by atoms with Crippen LogP contribution in [0.2, 0.25) is 0 Å². The predicted molar refractivity (Wildman–Crippen MR) is 145 cm³/mol. The van der Waals surface area contributed by atoms with Gasteiger partial charge in [-0.25, -0.2) is 0 Å². The first kappa shape index (κ1) is 24.6. The van der Waals surface area contributed by atoms with Crippen LogP contribution in [0, 0.1) is 0 Å². The van der Waals surface area contributed by atoms with Crippen molar-refractivity contribution in [3.8, 4) is 11.5 Å². The van der Waals surface area contributed by atoms with E-state index in [4.69, 9.17) is 9.84 Å². The molecule has 0 spiro atoms. The van der Waals surface area contributed by atoms with Gasteiger partial charge in [-0.15, -0.1) is 0 Å². The van der Waals surface area contributed by atoms with Crippen LogP contribution >= 0.6 is 0 Å². The maximum atomic E-state index is 13.0. The van der Waals surface area contributed by atoms with Crippen LogP contribution in [0.5, 0.6) is 11.5 Å². The first-order chi connectivity index (χ1) is 17.7. The van der Waals surface area contributed by atoms with Crippen LogP contribution in [0.3, 0.4) is 0 Å². The van der Waals surface area contributed by atoms with Crippen molar-refractivity contribution in [1.29, 1.82) is 0 Å². The van der Waals surface area contributed by atoms with Crippen LogP contribution < -0.4 is 4.74 Å². The quantitative estimate of drug-likeness (QED) is 0.464. The summed E-state index contributed by atoms with van der Waals surface area (Å²) in [7, 11) is 0. The van der Waals surface area contributed by atoms with E-state index in [-0.39, 0.29) is 5.91 Å². The summed E-state index contributed by atoms with van der Waals surface area (Å²) in [6.45, 7) is 4.66. The minimum Gasteiger partial charge on any atom is -0.593 e. The van der Waals surface area contributed by atoms with E-state index >= 15 is 0 Å². The zero-order chi connectivity index (χ0) is 24.7. The van der Waals surface area contributed by atoms with Gasteiger partial charge in [0.25, 0.3) is 5.75 Å². The SMILES string of the molecule is O=C1CCC=C(C2=Cc3ccc([OH2+])cc3CCC2)N1Cc1ccc(OCCN2CCCCCC2)cc1. The summed E-state index contributed by atoms with van der Waals surface area (Å²) >= 11 is 0. The topological polar surface area (TPSA) is 55.7 Å². The third-order valence-corrected chi connectivity index (χ3v) is 7.62. The van der Waals surface area contributed by atoms with Crippen LogP contribution in [0.4, 0.5) is 0 Å². The fraction of sp³-hybridized carbons (Fsp3) is 0.452. The fourth-order valence-corrected chi connectivity index (χ4v) is 5.61. The molecule has 1 fully saturated rings. The molecule has 0 atom stereocenters. The highest BCUT2D eigenvalue weighted by molar-refractivity contribution is 5.81. The summed E-state index contributed by atoms with van der Waals surface area (Å²) in [5.41, 5.74) is 5.82. The second kappa shape index (κ2) is 11.8. The number of rotatable bonds is 7.